The minimum atomic E-state index is -0.579. The molecule has 0 saturated carbocycles. The lowest BCUT2D eigenvalue weighted by atomic mass is 10.0. The zero-order chi connectivity index (χ0) is 8.85. The molecular formula is C7H16N2O2. The van der Waals surface area contributed by atoms with Crippen molar-refractivity contribution in [3.05, 3.63) is 0 Å². The highest BCUT2D eigenvalue weighted by molar-refractivity contribution is 5.71. The first-order valence-corrected chi connectivity index (χ1v) is 3.78. The first-order chi connectivity index (χ1) is 5.11. The molecule has 11 heavy (non-hydrogen) atoms. The second-order valence-corrected chi connectivity index (χ2v) is 2.68. The van der Waals surface area contributed by atoms with E-state index in [-0.39, 0.29) is 18.6 Å². The zero-order valence-electron chi connectivity index (χ0n) is 7.00. The number of carbonyl (C=O) groups is 1. The van der Waals surface area contributed by atoms with Crippen molar-refractivity contribution >= 4 is 6.03 Å². The second-order valence-electron chi connectivity index (χ2n) is 2.68. The van der Waals surface area contributed by atoms with Gasteiger partial charge in [0.2, 0.25) is 0 Å². The van der Waals surface area contributed by atoms with Crippen molar-refractivity contribution in [1.29, 1.82) is 0 Å². The maximum atomic E-state index is 10.4. The SMILES string of the molecule is CCC(C)C(CO)NC(N)=O. The fraction of sp³-hybridized carbons (Fsp3) is 0.857. The van der Waals surface area contributed by atoms with Gasteiger partial charge in [0, 0.05) is 0 Å². The van der Waals surface area contributed by atoms with Crippen LogP contribution in [0.15, 0.2) is 0 Å². The molecular weight excluding hydrogens is 144 g/mol. The molecule has 0 aliphatic carbocycles. The van der Waals surface area contributed by atoms with E-state index in [4.69, 9.17) is 10.8 Å². The van der Waals surface area contributed by atoms with Crippen LogP contribution in [0.1, 0.15) is 20.3 Å². The van der Waals surface area contributed by atoms with Gasteiger partial charge in [0.05, 0.1) is 12.6 Å². The molecule has 0 heterocycles. The van der Waals surface area contributed by atoms with Crippen molar-refractivity contribution in [3.63, 3.8) is 0 Å². The summed E-state index contributed by atoms with van der Waals surface area (Å²) in [5.74, 6) is 0.257. The van der Waals surface area contributed by atoms with Crippen molar-refractivity contribution in [3.8, 4) is 0 Å². The van der Waals surface area contributed by atoms with Gasteiger partial charge in [-0.05, 0) is 5.92 Å². The molecule has 0 spiro atoms. The number of amides is 2. The van der Waals surface area contributed by atoms with Crippen LogP contribution < -0.4 is 11.1 Å². The van der Waals surface area contributed by atoms with E-state index >= 15 is 0 Å². The Morgan fingerprint density at radius 2 is 2.27 bits per heavy atom. The number of primary amides is 1. The Labute approximate surface area is 66.8 Å². The maximum Gasteiger partial charge on any atom is 0.312 e. The highest BCUT2D eigenvalue weighted by Gasteiger charge is 2.15. The number of carbonyl (C=O) groups excluding carboxylic acids is 1. The molecule has 4 nitrogen and oxygen atoms in total. The minimum absolute atomic E-state index is 0.0576. The lowest BCUT2D eigenvalue weighted by molar-refractivity contribution is 0.196. The standard InChI is InChI=1S/C7H16N2O2/c1-3-5(2)6(4-10)9-7(8)11/h5-6,10H,3-4H2,1-2H3,(H3,8,9,11). The third kappa shape index (κ3) is 3.83. The Balaban J connectivity index is 3.84. The van der Waals surface area contributed by atoms with Crippen molar-refractivity contribution in [2.24, 2.45) is 11.7 Å². The molecule has 0 aromatic heterocycles. The molecule has 0 fully saturated rings. The van der Waals surface area contributed by atoms with Gasteiger partial charge in [0.15, 0.2) is 0 Å². The van der Waals surface area contributed by atoms with Crippen molar-refractivity contribution in [2.45, 2.75) is 26.3 Å². The van der Waals surface area contributed by atoms with E-state index in [1.807, 2.05) is 13.8 Å². The number of aliphatic hydroxyl groups is 1. The zero-order valence-corrected chi connectivity index (χ0v) is 7.00. The first kappa shape index (κ1) is 10.2. The topological polar surface area (TPSA) is 75.3 Å². The predicted octanol–water partition coefficient (Wildman–Crippen LogP) is 0.0617. The molecule has 66 valence electrons. The van der Waals surface area contributed by atoms with Crippen molar-refractivity contribution < 1.29 is 9.90 Å². The molecule has 0 aliphatic rings. The third-order valence-electron chi connectivity index (χ3n) is 1.86. The Morgan fingerprint density at radius 1 is 1.73 bits per heavy atom. The number of rotatable bonds is 4. The summed E-state index contributed by atoms with van der Waals surface area (Å²) in [6.45, 7) is 3.89. The van der Waals surface area contributed by atoms with Crippen LogP contribution >= 0.6 is 0 Å². The molecule has 2 amide bonds. The number of urea groups is 1. The van der Waals surface area contributed by atoms with Crippen LogP contribution in [0.5, 0.6) is 0 Å². The fourth-order valence-corrected chi connectivity index (χ4v) is 0.835. The number of nitrogens with two attached hydrogens (primary N) is 1. The fourth-order valence-electron chi connectivity index (χ4n) is 0.835. The maximum absolute atomic E-state index is 10.4. The summed E-state index contributed by atoms with van der Waals surface area (Å²) in [5.41, 5.74) is 4.90. The number of hydrogen-bond donors (Lipinski definition) is 3. The highest BCUT2D eigenvalue weighted by Crippen LogP contribution is 2.06. The Bertz CT molecular complexity index is 128. The summed E-state index contributed by atoms with van der Waals surface area (Å²) < 4.78 is 0. The number of hydrogen-bond acceptors (Lipinski definition) is 2. The van der Waals surface area contributed by atoms with Gasteiger partial charge in [-0.15, -0.1) is 0 Å². The molecule has 0 saturated heterocycles. The van der Waals surface area contributed by atoms with Crippen LogP contribution in [0, 0.1) is 5.92 Å². The predicted molar refractivity (Wildman–Crippen MR) is 43.0 cm³/mol. The number of aliphatic hydroxyl groups excluding tert-OH is 1. The summed E-state index contributed by atoms with van der Waals surface area (Å²) >= 11 is 0. The quantitative estimate of drug-likeness (QED) is 0.544. The van der Waals surface area contributed by atoms with Gasteiger partial charge in [-0.1, -0.05) is 20.3 Å². The molecule has 0 radical (unpaired) electrons. The van der Waals surface area contributed by atoms with Gasteiger partial charge >= 0.3 is 6.03 Å². The smallest absolute Gasteiger partial charge is 0.312 e. The van der Waals surface area contributed by atoms with Crippen LogP contribution in [0.3, 0.4) is 0 Å². The van der Waals surface area contributed by atoms with E-state index in [9.17, 15) is 4.79 Å². The van der Waals surface area contributed by atoms with E-state index in [2.05, 4.69) is 5.32 Å². The van der Waals surface area contributed by atoms with Gasteiger partial charge < -0.3 is 16.2 Å². The first-order valence-electron chi connectivity index (χ1n) is 3.78. The molecule has 2 unspecified atom stereocenters. The van der Waals surface area contributed by atoms with E-state index in [1.54, 1.807) is 0 Å². The third-order valence-corrected chi connectivity index (χ3v) is 1.86. The van der Waals surface area contributed by atoms with Gasteiger partial charge in [-0.2, -0.15) is 0 Å². The van der Waals surface area contributed by atoms with Crippen LogP contribution in [-0.2, 0) is 0 Å². The Hall–Kier alpha value is -0.770. The molecule has 0 rings (SSSR count). The largest absolute Gasteiger partial charge is 0.394 e. The van der Waals surface area contributed by atoms with E-state index in [0.29, 0.717) is 0 Å². The summed E-state index contributed by atoms with van der Waals surface area (Å²) in [6.07, 6.45) is 0.908. The van der Waals surface area contributed by atoms with Gasteiger partial charge in [-0.25, -0.2) is 4.79 Å². The van der Waals surface area contributed by atoms with Crippen LogP contribution in [0.4, 0.5) is 4.79 Å². The molecule has 2 atom stereocenters. The van der Waals surface area contributed by atoms with E-state index in [0.717, 1.165) is 6.42 Å². The molecule has 4 heteroatoms. The average molecular weight is 160 g/mol. The highest BCUT2D eigenvalue weighted by atomic mass is 16.3. The minimum Gasteiger partial charge on any atom is -0.394 e. The Kier molecular flexibility index (Phi) is 4.61. The summed E-state index contributed by atoms with van der Waals surface area (Å²) in [6, 6.07) is -0.790. The van der Waals surface area contributed by atoms with Gasteiger partial charge in [0.1, 0.15) is 0 Å². The van der Waals surface area contributed by atoms with E-state index < -0.39 is 6.03 Å². The second kappa shape index (κ2) is 4.96. The van der Waals surface area contributed by atoms with Crippen molar-refractivity contribution in [2.75, 3.05) is 6.61 Å². The summed E-state index contributed by atoms with van der Waals surface area (Å²) in [5, 5.41) is 11.3. The molecule has 4 N–H and O–H groups in total. The van der Waals surface area contributed by atoms with Crippen molar-refractivity contribution in [1.82, 2.24) is 5.32 Å². The molecule has 0 bridgehead atoms. The van der Waals surface area contributed by atoms with Crippen LogP contribution in [0.25, 0.3) is 0 Å². The summed E-state index contributed by atoms with van der Waals surface area (Å²) in [7, 11) is 0. The normalized spacial score (nSPS) is 15.5. The van der Waals surface area contributed by atoms with E-state index in [1.165, 1.54) is 0 Å². The monoisotopic (exact) mass is 160 g/mol. The average Bonchev–Trinajstić information content (AvgIpc) is 1.98. The molecule has 0 aromatic rings. The van der Waals surface area contributed by atoms with Crippen LogP contribution in [-0.4, -0.2) is 23.8 Å². The van der Waals surface area contributed by atoms with Crippen LogP contribution in [0.2, 0.25) is 0 Å². The number of nitrogens with one attached hydrogen (secondary N) is 1. The molecule has 0 aliphatic heterocycles. The van der Waals surface area contributed by atoms with Gasteiger partial charge in [0.25, 0.3) is 0 Å². The summed E-state index contributed by atoms with van der Waals surface area (Å²) in [4.78, 5) is 10.4. The molecule has 0 aromatic carbocycles. The lowest BCUT2D eigenvalue weighted by Crippen LogP contribution is -2.44. The van der Waals surface area contributed by atoms with Gasteiger partial charge in [-0.3, -0.25) is 0 Å². The Morgan fingerprint density at radius 3 is 2.55 bits per heavy atom. The lowest BCUT2D eigenvalue weighted by Gasteiger charge is -2.20.